The van der Waals surface area contributed by atoms with Crippen LogP contribution in [0.25, 0.3) is 0 Å². The number of pyridine rings is 1. The molecule has 1 amide bonds. The Kier molecular flexibility index (Phi) is 5.23. The summed E-state index contributed by atoms with van der Waals surface area (Å²) in [6, 6.07) is 9.71. The van der Waals surface area contributed by atoms with E-state index < -0.39 is 0 Å². The molecule has 7 nitrogen and oxygen atoms in total. The number of carbonyl (C=O) groups excluding carboxylic acids is 1. The van der Waals surface area contributed by atoms with E-state index in [0.717, 1.165) is 42.4 Å². The lowest BCUT2D eigenvalue weighted by Gasteiger charge is -2.31. The number of likely N-dealkylation sites (tertiary alicyclic amines) is 1. The van der Waals surface area contributed by atoms with Gasteiger partial charge in [-0.15, -0.1) is 0 Å². The highest BCUT2D eigenvalue weighted by Crippen LogP contribution is 2.39. The molecule has 1 fully saturated rings. The first-order valence-corrected chi connectivity index (χ1v) is 9.66. The van der Waals surface area contributed by atoms with E-state index in [2.05, 4.69) is 9.88 Å². The van der Waals surface area contributed by atoms with E-state index in [1.54, 1.807) is 13.3 Å². The van der Waals surface area contributed by atoms with Crippen molar-refractivity contribution in [3.63, 3.8) is 0 Å². The second-order valence-electron chi connectivity index (χ2n) is 6.91. The minimum atomic E-state index is 0.0224. The van der Waals surface area contributed by atoms with Crippen molar-refractivity contribution in [3.8, 4) is 17.4 Å². The quantitative estimate of drug-likeness (QED) is 0.791. The molecule has 0 unspecified atom stereocenters. The van der Waals surface area contributed by atoms with Gasteiger partial charge in [-0.2, -0.15) is 0 Å². The van der Waals surface area contributed by atoms with Crippen molar-refractivity contribution in [3.05, 3.63) is 36.5 Å². The van der Waals surface area contributed by atoms with Gasteiger partial charge in [-0.1, -0.05) is 6.92 Å². The number of rotatable bonds is 5. The zero-order valence-corrected chi connectivity index (χ0v) is 16.3. The van der Waals surface area contributed by atoms with Crippen LogP contribution in [0.15, 0.2) is 36.5 Å². The first kappa shape index (κ1) is 18.4. The van der Waals surface area contributed by atoms with Crippen LogP contribution in [0.1, 0.15) is 19.8 Å². The molecule has 0 bridgehead atoms. The lowest BCUT2D eigenvalue weighted by molar-refractivity contribution is -0.130. The maximum Gasteiger partial charge on any atom is 0.222 e. The van der Waals surface area contributed by atoms with Crippen molar-refractivity contribution in [1.29, 1.82) is 0 Å². The number of amides is 1. The van der Waals surface area contributed by atoms with Crippen molar-refractivity contribution in [2.45, 2.75) is 25.9 Å². The van der Waals surface area contributed by atoms with Gasteiger partial charge in [0.15, 0.2) is 0 Å². The lowest BCUT2D eigenvalue weighted by atomic mass is 10.2. The molecular weight excluding hydrogens is 358 g/mol. The van der Waals surface area contributed by atoms with Gasteiger partial charge >= 0.3 is 0 Å². The van der Waals surface area contributed by atoms with Crippen LogP contribution in [0.3, 0.4) is 0 Å². The Morgan fingerprint density at radius 3 is 2.93 bits per heavy atom. The third-order valence-corrected chi connectivity index (χ3v) is 5.14. The molecule has 3 heterocycles. The van der Waals surface area contributed by atoms with Gasteiger partial charge in [0.2, 0.25) is 11.8 Å². The largest absolute Gasteiger partial charge is 0.490 e. The van der Waals surface area contributed by atoms with E-state index in [0.29, 0.717) is 25.5 Å². The minimum absolute atomic E-state index is 0.0224. The molecule has 0 saturated carbocycles. The third kappa shape index (κ3) is 3.69. The van der Waals surface area contributed by atoms with Crippen molar-refractivity contribution in [2.75, 3.05) is 38.3 Å². The van der Waals surface area contributed by atoms with Gasteiger partial charge in [0.1, 0.15) is 24.2 Å². The average Bonchev–Trinajstić information content (AvgIpc) is 3.21. The normalized spacial score (nSPS) is 18.4. The summed E-state index contributed by atoms with van der Waals surface area (Å²) in [7, 11) is 1.61. The molecular formula is C21H25N3O4. The Balaban J connectivity index is 1.52. The second-order valence-corrected chi connectivity index (χ2v) is 6.91. The fourth-order valence-corrected chi connectivity index (χ4v) is 3.66. The van der Waals surface area contributed by atoms with Crippen molar-refractivity contribution < 1.29 is 19.0 Å². The standard InChI is InChI=1S/C21H25N3O4/c1-3-21(25)23-9-8-17(14-23)28-16-5-6-19-18(12-16)24(10-11-27-19)15-4-7-20(26-2)22-13-15/h4-7,12-13,17H,3,8-11,14H2,1-2H3/t17-/m1/s1. The molecule has 7 heteroatoms. The lowest BCUT2D eigenvalue weighted by Crippen LogP contribution is -2.30. The molecule has 0 spiro atoms. The van der Waals surface area contributed by atoms with Gasteiger partial charge < -0.3 is 24.0 Å². The average molecular weight is 383 g/mol. The van der Waals surface area contributed by atoms with Gasteiger partial charge in [-0.3, -0.25) is 4.79 Å². The van der Waals surface area contributed by atoms with Crippen molar-refractivity contribution >= 4 is 17.3 Å². The first-order valence-electron chi connectivity index (χ1n) is 9.66. The number of hydrogen-bond acceptors (Lipinski definition) is 6. The molecule has 1 atom stereocenters. The minimum Gasteiger partial charge on any atom is -0.490 e. The Hall–Kier alpha value is -2.96. The number of anilines is 2. The number of methoxy groups -OCH3 is 1. The SMILES string of the molecule is CCC(=O)N1CC[C@@H](Oc2ccc3c(c2)N(c2ccc(OC)nc2)CCO3)C1. The van der Waals surface area contributed by atoms with Crippen LogP contribution >= 0.6 is 0 Å². The van der Waals surface area contributed by atoms with Crippen molar-refractivity contribution in [1.82, 2.24) is 9.88 Å². The molecule has 2 aliphatic heterocycles. The summed E-state index contributed by atoms with van der Waals surface area (Å²) in [6.07, 6.45) is 3.21. The number of ether oxygens (including phenoxy) is 3. The Morgan fingerprint density at radius 2 is 2.18 bits per heavy atom. The zero-order chi connectivity index (χ0) is 19.5. The molecule has 1 saturated heterocycles. The smallest absolute Gasteiger partial charge is 0.222 e. The van der Waals surface area contributed by atoms with Crippen LogP contribution in [0.4, 0.5) is 11.4 Å². The van der Waals surface area contributed by atoms with Gasteiger partial charge in [0.05, 0.1) is 37.8 Å². The van der Waals surface area contributed by atoms with Crippen LogP contribution in [0, 0.1) is 0 Å². The Bertz CT molecular complexity index is 840. The number of fused-ring (bicyclic) bond motifs is 1. The van der Waals surface area contributed by atoms with Gasteiger partial charge in [0.25, 0.3) is 0 Å². The fraction of sp³-hybridized carbons (Fsp3) is 0.429. The highest BCUT2D eigenvalue weighted by atomic mass is 16.5. The summed E-state index contributed by atoms with van der Waals surface area (Å²) in [5.41, 5.74) is 1.93. The maximum atomic E-state index is 11.9. The molecule has 2 aliphatic rings. The van der Waals surface area contributed by atoms with Gasteiger partial charge in [0, 0.05) is 31.5 Å². The summed E-state index contributed by atoms with van der Waals surface area (Å²) < 4.78 is 17.1. The molecule has 0 N–H and O–H groups in total. The van der Waals surface area contributed by atoms with Gasteiger partial charge in [-0.05, 0) is 18.2 Å². The summed E-state index contributed by atoms with van der Waals surface area (Å²) in [4.78, 5) is 20.2. The topological polar surface area (TPSA) is 64.1 Å². The van der Waals surface area contributed by atoms with E-state index in [4.69, 9.17) is 14.2 Å². The van der Waals surface area contributed by atoms with Crippen LogP contribution in [0.5, 0.6) is 17.4 Å². The number of hydrogen-bond donors (Lipinski definition) is 0. The number of nitrogens with zero attached hydrogens (tertiary/aromatic N) is 3. The maximum absolute atomic E-state index is 11.9. The first-order chi connectivity index (χ1) is 13.7. The number of aromatic nitrogens is 1. The van der Waals surface area contributed by atoms with Crippen LogP contribution in [0.2, 0.25) is 0 Å². The zero-order valence-electron chi connectivity index (χ0n) is 16.3. The van der Waals surface area contributed by atoms with Crippen LogP contribution in [-0.2, 0) is 4.79 Å². The molecule has 0 radical (unpaired) electrons. The molecule has 1 aromatic carbocycles. The highest BCUT2D eigenvalue weighted by Gasteiger charge is 2.27. The van der Waals surface area contributed by atoms with Crippen molar-refractivity contribution in [2.24, 2.45) is 0 Å². The Morgan fingerprint density at radius 1 is 1.29 bits per heavy atom. The number of carbonyl (C=O) groups is 1. The van der Waals surface area contributed by atoms with E-state index in [1.807, 2.05) is 42.2 Å². The fourth-order valence-electron chi connectivity index (χ4n) is 3.66. The molecule has 0 aliphatic carbocycles. The van der Waals surface area contributed by atoms with E-state index in [-0.39, 0.29) is 12.0 Å². The third-order valence-electron chi connectivity index (χ3n) is 5.14. The van der Waals surface area contributed by atoms with Crippen LogP contribution < -0.4 is 19.1 Å². The van der Waals surface area contributed by atoms with E-state index in [1.165, 1.54) is 0 Å². The summed E-state index contributed by atoms with van der Waals surface area (Å²) in [5.74, 6) is 2.37. The molecule has 28 heavy (non-hydrogen) atoms. The predicted molar refractivity (Wildman–Crippen MR) is 106 cm³/mol. The molecule has 1 aromatic heterocycles. The summed E-state index contributed by atoms with van der Waals surface area (Å²) in [6.45, 7) is 4.63. The monoisotopic (exact) mass is 383 g/mol. The number of benzene rings is 1. The Labute approximate surface area is 164 Å². The summed E-state index contributed by atoms with van der Waals surface area (Å²) >= 11 is 0. The van der Waals surface area contributed by atoms with E-state index in [9.17, 15) is 4.79 Å². The van der Waals surface area contributed by atoms with Crippen LogP contribution in [-0.4, -0.2) is 55.2 Å². The van der Waals surface area contributed by atoms with E-state index >= 15 is 0 Å². The second kappa shape index (κ2) is 7.96. The molecule has 2 aromatic rings. The molecule has 4 rings (SSSR count). The van der Waals surface area contributed by atoms with Gasteiger partial charge in [-0.25, -0.2) is 4.98 Å². The predicted octanol–water partition coefficient (Wildman–Crippen LogP) is 3.01. The molecule has 148 valence electrons. The summed E-state index contributed by atoms with van der Waals surface area (Å²) in [5, 5.41) is 0. The highest BCUT2D eigenvalue weighted by molar-refractivity contribution is 5.76.